The smallest absolute Gasteiger partial charge is 0.123 e. The molecular formula is C16H20FN3O. The first-order valence-electron chi connectivity index (χ1n) is 7.37. The van der Waals surface area contributed by atoms with E-state index in [2.05, 4.69) is 10.00 Å². The summed E-state index contributed by atoms with van der Waals surface area (Å²) in [7, 11) is 0. The minimum atomic E-state index is -0.473. The van der Waals surface area contributed by atoms with E-state index in [9.17, 15) is 9.50 Å². The number of likely N-dealkylation sites (tertiary alicyclic amines) is 1. The van der Waals surface area contributed by atoms with Gasteiger partial charge >= 0.3 is 0 Å². The van der Waals surface area contributed by atoms with Crippen molar-refractivity contribution in [2.75, 3.05) is 13.1 Å². The monoisotopic (exact) mass is 289 g/mol. The zero-order chi connectivity index (χ0) is 14.7. The van der Waals surface area contributed by atoms with Gasteiger partial charge in [-0.1, -0.05) is 12.1 Å². The van der Waals surface area contributed by atoms with Crippen LogP contribution in [0.3, 0.4) is 0 Å². The third-order valence-corrected chi connectivity index (χ3v) is 4.00. The van der Waals surface area contributed by atoms with Crippen molar-refractivity contribution < 1.29 is 9.50 Å². The van der Waals surface area contributed by atoms with Gasteiger partial charge in [0.2, 0.25) is 0 Å². The van der Waals surface area contributed by atoms with E-state index in [1.54, 1.807) is 23.0 Å². The molecule has 1 aliphatic rings. The van der Waals surface area contributed by atoms with Crippen LogP contribution < -0.4 is 0 Å². The summed E-state index contributed by atoms with van der Waals surface area (Å²) >= 11 is 0. The number of hydrogen-bond donors (Lipinski definition) is 1. The first-order valence-corrected chi connectivity index (χ1v) is 7.37. The lowest BCUT2D eigenvalue weighted by atomic mass is 10.0. The summed E-state index contributed by atoms with van der Waals surface area (Å²) in [6.07, 6.45) is 5.17. The van der Waals surface area contributed by atoms with Gasteiger partial charge in [-0.05, 0) is 43.1 Å². The molecule has 0 spiro atoms. The predicted molar refractivity (Wildman–Crippen MR) is 78.2 cm³/mol. The molecular weight excluding hydrogens is 269 g/mol. The Bertz CT molecular complexity index is 573. The predicted octanol–water partition coefficient (Wildman–Crippen LogP) is 2.22. The quantitative estimate of drug-likeness (QED) is 0.917. The van der Waals surface area contributed by atoms with Crippen molar-refractivity contribution in [1.29, 1.82) is 0 Å². The van der Waals surface area contributed by atoms with Crippen LogP contribution >= 0.6 is 0 Å². The Hall–Kier alpha value is -1.72. The number of aliphatic hydroxyl groups excluding tert-OH is 1. The van der Waals surface area contributed by atoms with Crippen molar-refractivity contribution in [3.63, 3.8) is 0 Å². The van der Waals surface area contributed by atoms with E-state index in [0.29, 0.717) is 13.1 Å². The summed E-state index contributed by atoms with van der Waals surface area (Å²) in [6, 6.07) is 8.83. The van der Waals surface area contributed by atoms with Crippen LogP contribution in [0, 0.1) is 5.82 Å². The maximum atomic E-state index is 13.4. The molecule has 1 aromatic carbocycles. The Kier molecular flexibility index (Phi) is 4.31. The van der Waals surface area contributed by atoms with Gasteiger partial charge in [-0.25, -0.2) is 4.39 Å². The van der Waals surface area contributed by atoms with Crippen LogP contribution in [-0.2, 0) is 6.54 Å². The highest BCUT2D eigenvalue weighted by Gasteiger charge is 2.27. The third kappa shape index (κ3) is 3.49. The van der Waals surface area contributed by atoms with Gasteiger partial charge in [0.1, 0.15) is 5.82 Å². The van der Waals surface area contributed by atoms with Gasteiger partial charge in [0.25, 0.3) is 0 Å². The molecule has 0 amide bonds. The van der Waals surface area contributed by atoms with Crippen molar-refractivity contribution >= 4 is 0 Å². The Morgan fingerprint density at radius 1 is 1.33 bits per heavy atom. The molecule has 1 saturated heterocycles. The second kappa shape index (κ2) is 6.37. The van der Waals surface area contributed by atoms with Gasteiger partial charge < -0.3 is 5.11 Å². The van der Waals surface area contributed by atoms with Crippen LogP contribution in [-0.4, -0.2) is 39.0 Å². The van der Waals surface area contributed by atoms with Gasteiger partial charge in [-0.3, -0.25) is 9.58 Å². The van der Waals surface area contributed by atoms with Crippen LogP contribution in [0.5, 0.6) is 0 Å². The number of rotatable bonds is 5. The summed E-state index contributed by atoms with van der Waals surface area (Å²) in [5, 5.41) is 14.3. The molecule has 0 radical (unpaired) electrons. The average Bonchev–Trinajstić information content (AvgIpc) is 3.10. The number of aliphatic hydroxyl groups is 1. The minimum Gasteiger partial charge on any atom is -0.390 e. The Morgan fingerprint density at radius 2 is 2.24 bits per heavy atom. The van der Waals surface area contributed by atoms with Crippen LogP contribution in [0.15, 0.2) is 42.7 Å². The van der Waals surface area contributed by atoms with Crippen molar-refractivity contribution in [1.82, 2.24) is 14.7 Å². The molecule has 0 aliphatic carbocycles. The normalized spacial score (nSPS) is 20.8. The molecule has 3 rings (SSSR count). The lowest BCUT2D eigenvalue weighted by Gasteiger charge is -2.27. The Morgan fingerprint density at radius 3 is 3.00 bits per heavy atom. The maximum absolute atomic E-state index is 13.4. The lowest BCUT2D eigenvalue weighted by molar-refractivity contribution is 0.0890. The van der Waals surface area contributed by atoms with Crippen LogP contribution in [0.4, 0.5) is 4.39 Å². The van der Waals surface area contributed by atoms with Crippen molar-refractivity contribution in [2.24, 2.45) is 0 Å². The molecule has 2 atom stereocenters. The molecule has 112 valence electrons. The highest BCUT2D eigenvalue weighted by atomic mass is 19.1. The summed E-state index contributed by atoms with van der Waals surface area (Å²) in [4.78, 5) is 2.24. The van der Waals surface area contributed by atoms with Crippen molar-refractivity contribution in [2.45, 2.75) is 31.5 Å². The number of nitrogens with zero attached hydrogens (tertiary/aromatic N) is 3. The van der Waals surface area contributed by atoms with Crippen molar-refractivity contribution in [3.8, 4) is 0 Å². The molecule has 21 heavy (non-hydrogen) atoms. The number of halogens is 1. The summed E-state index contributed by atoms with van der Waals surface area (Å²) < 4.78 is 15.1. The van der Waals surface area contributed by atoms with E-state index in [4.69, 9.17) is 0 Å². The van der Waals surface area contributed by atoms with Crippen LogP contribution in [0.25, 0.3) is 0 Å². The maximum Gasteiger partial charge on any atom is 0.123 e. The Balaban J connectivity index is 1.64. The van der Waals surface area contributed by atoms with E-state index in [1.807, 2.05) is 18.3 Å². The molecule has 2 unspecified atom stereocenters. The molecule has 0 saturated carbocycles. The largest absolute Gasteiger partial charge is 0.390 e. The minimum absolute atomic E-state index is 0.198. The van der Waals surface area contributed by atoms with Gasteiger partial charge in [0.05, 0.1) is 12.6 Å². The highest BCUT2D eigenvalue weighted by Crippen LogP contribution is 2.32. The highest BCUT2D eigenvalue weighted by molar-refractivity contribution is 5.21. The Labute approximate surface area is 123 Å². The number of β-amino-alcohol motifs (C(OH)–C–C–N with tert-alkyl or cyclic N) is 1. The van der Waals surface area contributed by atoms with Gasteiger partial charge in [-0.2, -0.15) is 5.10 Å². The zero-order valence-corrected chi connectivity index (χ0v) is 11.9. The fraction of sp³-hybridized carbons (Fsp3) is 0.438. The van der Waals surface area contributed by atoms with E-state index in [0.717, 1.165) is 24.9 Å². The van der Waals surface area contributed by atoms with Gasteiger partial charge in [-0.15, -0.1) is 0 Å². The van der Waals surface area contributed by atoms with Crippen molar-refractivity contribution in [3.05, 3.63) is 54.1 Å². The first kappa shape index (κ1) is 14.2. The van der Waals surface area contributed by atoms with Crippen LogP contribution in [0.2, 0.25) is 0 Å². The second-order valence-electron chi connectivity index (χ2n) is 5.59. The third-order valence-electron chi connectivity index (χ3n) is 4.00. The lowest BCUT2D eigenvalue weighted by Crippen LogP contribution is -2.34. The fourth-order valence-corrected chi connectivity index (χ4v) is 3.09. The summed E-state index contributed by atoms with van der Waals surface area (Å²) in [5.41, 5.74) is 0.999. The molecule has 5 heteroatoms. The molecule has 1 aliphatic heterocycles. The fourth-order valence-electron chi connectivity index (χ4n) is 3.09. The van der Waals surface area contributed by atoms with Gasteiger partial charge in [0, 0.05) is 25.0 Å². The molecule has 2 aromatic rings. The van der Waals surface area contributed by atoms with Crippen LogP contribution in [0.1, 0.15) is 24.4 Å². The molecule has 1 fully saturated rings. The number of benzene rings is 1. The second-order valence-corrected chi connectivity index (χ2v) is 5.59. The molecule has 2 heterocycles. The number of hydrogen-bond acceptors (Lipinski definition) is 3. The summed E-state index contributed by atoms with van der Waals surface area (Å²) in [6.45, 7) is 2.01. The standard InChI is InChI=1S/C16H20FN3O/c17-14-5-1-4-13(10-14)16-6-2-8-19(16)11-15(21)12-20-9-3-7-18-20/h1,3-5,7,9-10,15-16,21H,2,6,8,11-12H2. The number of aromatic nitrogens is 2. The topological polar surface area (TPSA) is 41.3 Å². The van der Waals surface area contributed by atoms with E-state index in [-0.39, 0.29) is 11.9 Å². The molecule has 0 bridgehead atoms. The molecule has 1 aromatic heterocycles. The van der Waals surface area contributed by atoms with Gasteiger partial charge in [0.15, 0.2) is 0 Å². The van der Waals surface area contributed by atoms with E-state index < -0.39 is 6.10 Å². The van der Waals surface area contributed by atoms with E-state index in [1.165, 1.54) is 6.07 Å². The van der Waals surface area contributed by atoms with E-state index >= 15 is 0 Å². The zero-order valence-electron chi connectivity index (χ0n) is 11.9. The molecule has 4 nitrogen and oxygen atoms in total. The molecule has 1 N–H and O–H groups in total. The first-order chi connectivity index (χ1) is 10.2. The SMILES string of the molecule is OC(CN1CCCC1c1cccc(F)c1)Cn1cccn1. The average molecular weight is 289 g/mol. The summed E-state index contributed by atoms with van der Waals surface area (Å²) in [5.74, 6) is -0.198.